The quantitative estimate of drug-likeness (QED) is 0.666. The van der Waals surface area contributed by atoms with E-state index in [-0.39, 0.29) is 18.3 Å². The van der Waals surface area contributed by atoms with Gasteiger partial charge in [0.05, 0.1) is 17.1 Å². The Kier molecular flexibility index (Phi) is 4.78. The summed E-state index contributed by atoms with van der Waals surface area (Å²) in [4.78, 5) is 16.8. The molecular weight excluding hydrogens is 398 g/mol. The number of benzene rings is 2. The second-order valence-electron chi connectivity index (χ2n) is 6.32. The maximum absolute atomic E-state index is 12.4. The number of amides is 1. The van der Waals surface area contributed by atoms with Crippen LogP contribution in [0.25, 0.3) is 11.3 Å². The van der Waals surface area contributed by atoms with E-state index in [1.807, 2.05) is 19.1 Å². The van der Waals surface area contributed by atoms with Gasteiger partial charge in [-0.25, -0.2) is 13.4 Å². The van der Waals surface area contributed by atoms with E-state index in [2.05, 4.69) is 15.0 Å². The lowest BCUT2D eigenvalue weighted by molar-refractivity contribution is -0.118. The molecule has 0 unspecified atom stereocenters. The molecule has 0 saturated carbocycles. The van der Waals surface area contributed by atoms with Crippen LogP contribution in [0.1, 0.15) is 10.4 Å². The van der Waals surface area contributed by atoms with Gasteiger partial charge in [0.15, 0.2) is 11.7 Å². The fourth-order valence-corrected chi connectivity index (χ4v) is 5.15. The number of sulfonamides is 1. The summed E-state index contributed by atoms with van der Waals surface area (Å²) in [7, 11) is -3.57. The Morgan fingerprint density at radius 3 is 2.79 bits per heavy atom. The maximum Gasteiger partial charge on any atom is 0.262 e. The van der Waals surface area contributed by atoms with Gasteiger partial charge in [0.25, 0.3) is 5.91 Å². The monoisotopic (exact) mass is 415 g/mol. The van der Waals surface area contributed by atoms with Crippen molar-refractivity contribution in [1.82, 2.24) is 4.98 Å². The van der Waals surface area contributed by atoms with Crippen molar-refractivity contribution in [2.45, 2.75) is 12.7 Å². The molecule has 9 heteroatoms. The van der Waals surface area contributed by atoms with E-state index in [1.165, 1.54) is 11.3 Å². The summed E-state index contributed by atoms with van der Waals surface area (Å²) >= 11 is 1.26. The standard InChI is InChI=1S/C19H17N3O4S2/c1-12-18(14-7-8-16-15(9-14)20-17(23)10-26-16)21-19(27-12)22-28(24,25)11-13-5-3-2-4-6-13/h2-9H,10-11H2,1H3,(H,20,23)(H,21,22). The van der Waals surface area contributed by atoms with Crippen LogP contribution in [0.15, 0.2) is 48.5 Å². The molecule has 0 spiro atoms. The predicted octanol–water partition coefficient (Wildman–Crippen LogP) is 3.39. The van der Waals surface area contributed by atoms with Gasteiger partial charge in [0.1, 0.15) is 5.75 Å². The zero-order valence-corrected chi connectivity index (χ0v) is 16.6. The number of ether oxygens (including phenoxy) is 1. The topological polar surface area (TPSA) is 97.4 Å². The van der Waals surface area contributed by atoms with Gasteiger partial charge in [0, 0.05) is 10.4 Å². The molecule has 3 aromatic rings. The van der Waals surface area contributed by atoms with Crippen molar-refractivity contribution in [2.24, 2.45) is 0 Å². The molecule has 2 heterocycles. The highest BCUT2D eigenvalue weighted by Gasteiger charge is 2.20. The molecule has 1 aromatic heterocycles. The predicted molar refractivity (Wildman–Crippen MR) is 109 cm³/mol. The summed E-state index contributed by atoms with van der Waals surface area (Å²) in [5.74, 6) is 0.262. The number of hydrogen-bond acceptors (Lipinski definition) is 6. The Bertz CT molecular complexity index is 1140. The zero-order chi connectivity index (χ0) is 19.7. The lowest BCUT2D eigenvalue weighted by Crippen LogP contribution is -2.25. The minimum atomic E-state index is -3.57. The first kappa shape index (κ1) is 18.5. The third-order valence-electron chi connectivity index (χ3n) is 4.12. The van der Waals surface area contributed by atoms with E-state index in [0.717, 1.165) is 10.4 Å². The number of rotatable bonds is 5. The van der Waals surface area contributed by atoms with Crippen molar-refractivity contribution in [1.29, 1.82) is 0 Å². The number of nitrogens with one attached hydrogen (secondary N) is 2. The van der Waals surface area contributed by atoms with E-state index in [1.54, 1.807) is 36.4 Å². The van der Waals surface area contributed by atoms with Gasteiger partial charge in [-0.05, 0) is 30.7 Å². The summed E-state index contributed by atoms with van der Waals surface area (Å²) in [6.07, 6.45) is 0. The molecular formula is C19H17N3O4S2. The van der Waals surface area contributed by atoms with Gasteiger partial charge in [-0.15, -0.1) is 11.3 Å². The van der Waals surface area contributed by atoms with Gasteiger partial charge in [-0.3, -0.25) is 9.52 Å². The number of thiazole rings is 1. The normalized spacial score (nSPS) is 13.4. The first-order valence-electron chi connectivity index (χ1n) is 8.48. The Labute approximate surface area is 166 Å². The third-order valence-corrected chi connectivity index (χ3v) is 6.36. The molecule has 0 radical (unpaired) electrons. The number of nitrogens with zero attached hydrogens (tertiary/aromatic N) is 1. The first-order valence-corrected chi connectivity index (χ1v) is 11.0. The van der Waals surface area contributed by atoms with Crippen molar-refractivity contribution < 1.29 is 17.9 Å². The van der Waals surface area contributed by atoms with Crippen LogP contribution in [0, 0.1) is 6.92 Å². The van der Waals surface area contributed by atoms with E-state index < -0.39 is 10.0 Å². The van der Waals surface area contributed by atoms with Crippen LogP contribution < -0.4 is 14.8 Å². The highest BCUT2D eigenvalue weighted by Crippen LogP contribution is 2.36. The Hall–Kier alpha value is -2.91. The van der Waals surface area contributed by atoms with Crippen LogP contribution in [-0.2, 0) is 20.6 Å². The smallest absolute Gasteiger partial charge is 0.262 e. The average molecular weight is 415 g/mol. The Morgan fingerprint density at radius 1 is 1.21 bits per heavy atom. The molecule has 1 amide bonds. The number of carbonyl (C=O) groups is 1. The Balaban J connectivity index is 1.57. The fraction of sp³-hybridized carbons (Fsp3) is 0.158. The van der Waals surface area contributed by atoms with Crippen molar-refractivity contribution in [3.63, 3.8) is 0 Å². The summed E-state index contributed by atoms with van der Waals surface area (Å²) in [5.41, 5.74) is 2.71. The van der Waals surface area contributed by atoms with Gasteiger partial charge in [-0.2, -0.15) is 0 Å². The largest absolute Gasteiger partial charge is 0.482 e. The van der Waals surface area contributed by atoms with Crippen LogP contribution in [0.4, 0.5) is 10.8 Å². The van der Waals surface area contributed by atoms with Crippen LogP contribution in [0.5, 0.6) is 5.75 Å². The van der Waals surface area contributed by atoms with Crippen LogP contribution in [0.2, 0.25) is 0 Å². The number of fused-ring (bicyclic) bond motifs is 1. The Morgan fingerprint density at radius 2 is 2.00 bits per heavy atom. The molecule has 0 atom stereocenters. The lowest BCUT2D eigenvalue weighted by atomic mass is 10.1. The minimum Gasteiger partial charge on any atom is -0.482 e. The number of anilines is 2. The molecule has 4 rings (SSSR count). The van der Waals surface area contributed by atoms with Crippen molar-refractivity contribution in [2.75, 3.05) is 16.6 Å². The van der Waals surface area contributed by atoms with Gasteiger partial charge < -0.3 is 10.1 Å². The van der Waals surface area contributed by atoms with Gasteiger partial charge >= 0.3 is 0 Å². The van der Waals surface area contributed by atoms with Crippen molar-refractivity contribution in [3.05, 3.63) is 59.0 Å². The minimum absolute atomic E-state index is 0.00455. The van der Waals surface area contributed by atoms with Crippen LogP contribution >= 0.6 is 11.3 Å². The van der Waals surface area contributed by atoms with Gasteiger partial charge in [-0.1, -0.05) is 30.3 Å². The number of aryl methyl sites for hydroxylation is 1. The highest BCUT2D eigenvalue weighted by molar-refractivity contribution is 7.92. The first-order chi connectivity index (χ1) is 13.4. The van der Waals surface area contributed by atoms with E-state index in [0.29, 0.717) is 27.8 Å². The molecule has 144 valence electrons. The second-order valence-corrected chi connectivity index (χ2v) is 9.24. The second kappa shape index (κ2) is 7.25. The molecule has 0 bridgehead atoms. The molecule has 28 heavy (non-hydrogen) atoms. The molecule has 0 saturated heterocycles. The van der Waals surface area contributed by atoms with E-state index >= 15 is 0 Å². The van der Waals surface area contributed by atoms with E-state index in [4.69, 9.17) is 4.74 Å². The third kappa shape index (κ3) is 4.00. The van der Waals surface area contributed by atoms with Crippen molar-refractivity contribution in [3.8, 4) is 17.0 Å². The number of aromatic nitrogens is 1. The SMILES string of the molecule is Cc1sc(NS(=O)(=O)Cc2ccccc2)nc1-c1ccc2c(c1)NC(=O)CO2. The fourth-order valence-electron chi connectivity index (χ4n) is 2.90. The molecule has 1 aliphatic heterocycles. The molecule has 1 aliphatic rings. The van der Waals surface area contributed by atoms with Crippen LogP contribution in [0.3, 0.4) is 0 Å². The summed E-state index contributed by atoms with van der Waals surface area (Å²) in [5, 5.41) is 3.07. The summed E-state index contributed by atoms with van der Waals surface area (Å²) in [6, 6.07) is 14.3. The summed E-state index contributed by atoms with van der Waals surface area (Å²) < 4.78 is 32.8. The van der Waals surface area contributed by atoms with Crippen molar-refractivity contribution >= 4 is 38.1 Å². The number of carbonyl (C=O) groups excluding carboxylic acids is 1. The molecule has 2 N–H and O–H groups in total. The molecule has 2 aromatic carbocycles. The van der Waals surface area contributed by atoms with Crippen LogP contribution in [-0.4, -0.2) is 25.9 Å². The molecule has 7 nitrogen and oxygen atoms in total. The number of hydrogen-bond donors (Lipinski definition) is 2. The highest BCUT2D eigenvalue weighted by atomic mass is 32.2. The lowest BCUT2D eigenvalue weighted by Gasteiger charge is -2.18. The maximum atomic E-state index is 12.4. The summed E-state index contributed by atoms with van der Waals surface area (Å²) in [6.45, 7) is 1.87. The molecule has 0 fully saturated rings. The average Bonchev–Trinajstić information content (AvgIpc) is 3.00. The molecule has 0 aliphatic carbocycles. The van der Waals surface area contributed by atoms with Gasteiger partial charge in [0.2, 0.25) is 10.0 Å². The van der Waals surface area contributed by atoms with E-state index in [9.17, 15) is 13.2 Å². The zero-order valence-electron chi connectivity index (χ0n) is 14.9.